The van der Waals surface area contributed by atoms with Gasteiger partial charge in [-0.2, -0.15) is 0 Å². The van der Waals surface area contributed by atoms with Crippen molar-refractivity contribution >= 4 is 38.9 Å². The first-order chi connectivity index (χ1) is 13.1. The van der Waals surface area contributed by atoms with E-state index in [4.69, 9.17) is 0 Å². The Labute approximate surface area is 199 Å². The van der Waals surface area contributed by atoms with Crippen molar-refractivity contribution in [3.63, 3.8) is 0 Å². The molecule has 0 spiro atoms. The van der Waals surface area contributed by atoms with Gasteiger partial charge < -0.3 is 0 Å². The third-order valence-corrected chi connectivity index (χ3v) is 19.2. The molecule has 2 unspecified atom stereocenters. The minimum Gasteiger partial charge on any atom is -0.147 e. The van der Waals surface area contributed by atoms with Crippen LogP contribution in [-0.4, -0.2) is 55.6 Å². The van der Waals surface area contributed by atoms with Gasteiger partial charge in [0.25, 0.3) is 0 Å². The Bertz CT molecular complexity index is 647. The molecular weight excluding hydrogens is 509 g/mol. The van der Waals surface area contributed by atoms with E-state index in [1.165, 1.54) is 31.5 Å². The van der Waals surface area contributed by atoms with Crippen LogP contribution < -0.4 is 5.32 Å². The second kappa shape index (κ2) is 10.6. The van der Waals surface area contributed by atoms with E-state index in [1.54, 1.807) is 0 Å². The minimum absolute atomic E-state index is 0. The van der Waals surface area contributed by atoms with E-state index in [2.05, 4.69) is 103 Å². The monoisotopic (exact) mass is 560 g/mol. The SMILES string of the molecule is CC1(C)C[CH]([Ge]([CH3])([CH3])[CH3])CN1.CC1(C)C[CH]([Ge]([CH3])([CH3])[CH3])CN1Cc1ccccc1.Cl. The minimum atomic E-state index is -1.52. The van der Waals surface area contributed by atoms with E-state index >= 15 is 0 Å². The van der Waals surface area contributed by atoms with Crippen LogP contribution in [0.15, 0.2) is 30.3 Å². The summed E-state index contributed by atoms with van der Waals surface area (Å²) in [5, 5.41) is 3.60. The molecule has 0 aromatic heterocycles. The maximum Gasteiger partial charge on any atom is -0.147 e. The summed E-state index contributed by atoms with van der Waals surface area (Å²) in [5.74, 6) is 15.3. The van der Waals surface area contributed by atoms with Crippen LogP contribution in [0.4, 0.5) is 0 Å². The molecule has 3 rings (SSSR count). The third kappa shape index (κ3) is 8.46. The molecule has 0 bridgehead atoms. The number of likely N-dealkylation sites (tertiary alicyclic amines) is 1. The summed E-state index contributed by atoms with van der Waals surface area (Å²) in [4.78, 5) is 2.70. The van der Waals surface area contributed by atoms with E-state index in [1.807, 2.05) is 0 Å². The number of rotatable bonds is 4. The van der Waals surface area contributed by atoms with Gasteiger partial charge in [-0.3, -0.25) is 0 Å². The molecule has 0 aliphatic carbocycles. The smallest absolute Gasteiger partial charge is 0.147 e. The first-order valence-electron chi connectivity index (χ1n) is 11.6. The van der Waals surface area contributed by atoms with Crippen molar-refractivity contribution in [1.82, 2.24) is 10.2 Å². The number of nitrogens with one attached hydrogen (secondary N) is 1. The van der Waals surface area contributed by atoms with Crippen LogP contribution in [0, 0.1) is 0 Å². The molecule has 1 N–H and O–H groups in total. The number of benzene rings is 1. The summed E-state index contributed by atoms with van der Waals surface area (Å²) >= 11 is -2.86. The second-order valence-corrected chi connectivity index (χ2v) is 36.3. The van der Waals surface area contributed by atoms with Crippen molar-refractivity contribution in [3.8, 4) is 0 Å². The Hall–Kier alpha value is 0.516. The van der Waals surface area contributed by atoms with Gasteiger partial charge in [0.2, 0.25) is 0 Å². The van der Waals surface area contributed by atoms with Gasteiger partial charge in [0, 0.05) is 0 Å². The molecule has 0 radical (unpaired) electrons. The zero-order valence-electron chi connectivity index (χ0n) is 21.4. The molecule has 2 fully saturated rings. The van der Waals surface area contributed by atoms with Crippen LogP contribution in [0.1, 0.15) is 46.1 Å². The molecule has 5 heteroatoms. The van der Waals surface area contributed by atoms with Crippen LogP contribution in [-0.2, 0) is 6.54 Å². The fourth-order valence-corrected chi connectivity index (χ4v) is 12.5. The Morgan fingerprint density at radius 3 is 1.77 bits per heavy atom. The number of halogens is 1. The Kier molecular flexibility index (Phi) is 10.1. The van der Waals surface area contributed by atoms with Crippen molar-refractivity contribution in [2.45, 2.75) is 102 Å². The van der Waals surface area contributed by atoms with Crippen LogP contribution in [0.25, 0.3) is 0 Å². The van der Waals surface area contributed by atoms with Crippen LogP contribution in [0.5, 0.6) is 0 Å². The number of hydrogen-bond acceptors (Lipinski definition) is 2. The molecule has 174 valence electrons. The predicted molar refractivity (Wildman–Crippen MR) is 144 cm³/mol. The molecule has 30 heavy (non-hydrogen) atoms. The standard InChI is InChI=1S/C16H27GeN.C9H21GeN.ClH/c1-16(2)11-15(17(3,4)5)13-18(16)12-14-9-7-6-8-10-14;1-9(2)6-8(7-11-9)10(3,4)5;/h6-10,15H,11-13H2,1-5H3;8,11H,6-7H2,1-5H3;1H. The van der Waals surface area contributed by atoms with Gasteiger partial charge in [0.15, 0.2) is 0 Å². The predicted octanol–water partition coefficient (Wildman–Crippen LogP) is 7.27. The molecule has 2 aliphatic heterocycles. The molecule has 0 saturated carbocycles. The summed E-state index contributed by atoms with van der Waals surface area (Å²) < 4.78 is 2.02. The van der Waals surface area contributed by atoms with Gasteiger partial charge >= 0.3 is 188 Å². The molecule has 2 aliphatic rings. The maximum atomic E-state index is 3.60. The summed E-state index contributed by atoms with van der Waals surface area (Å²) in [5.41, 5.74) is 2.25. The number of hydrogen-bond donors (Lipinski definition) is 1. The summed E-state index contributed by atoms with van der Waals surface area (Å²) in [6.45, 7) is 13.2. The maximum absolute atomic E-state index is 3.60. The fraction of sp³-hybridized carbons (Fsp3) is 0.760. The average Bonchev–Trinajstić information content (AvgIpc) is 3.08. The second-order valence-electron chi connectivity index (χ2n) is 13.0. The molecule has 1 aromatic carbocycles. The normalized spacial score (nSPS) is 25.9. The molecule has 2 nitrogen and oxygen atoms in total. The van der Waals surface area contributed by atoms with Gasteiger partial charge in [0.05, 0.1) is 0 Å². The third-order valence-electron chi connectivity index (χ3n) is 7.29. The van der Waals surface area contributed by atoms with E-state index in [-0.39, 0.29) is 12.4 Å². The average molecular weight is 558 g/mol. The van der Waals surface area contributed by atoms with Crippen molar-refractivity contribution in [3.05, 3.63) is 35.9 Å². The number of nitrogens with zero attached hydrogens (tertiary/aromatic N) is 1. The van der Waals surface area contributed by atoms with E-state index in [9.17, 15) is 0 Å². The van der Waals surface area contributed by atoms with Gasteiger partial charge in [-0.25, -0.2) is 0 Å². The quantitative estimate of drug-likeness (QED) is 0.392. The van der Waals surface area contributed by atoms with Gasteiger partial charge in [-0.05, 0) is 0 Å². The molecule has 0 amide bonds. The first-order valence-corrected chi connectivity index (χ1v) is 26.7. The summed E-state index contributed by atoms with van der Waals surface area (Å²) in [6, 6.07) is 10.9. The molecular formula is C25H49ClGe2N2. The van der Waals surface area contributed by atoms with Gasteiger partial charge in [-0.1, -0.05) is 0 Å². The summed E-state index contributed by atoms with van der Waals surface area (Å²) in [6.07, 6.45) is 2.79. The van der Waals surface area contributed by atoms with Crippen molar-refractivity contribution < 1.29 is 0 Å². The first kappa shape index (κ1) is 28.5. The largest absolute Gasteiger partial charge is 0.147 e. The molecule has 2 heterocycles. The van der Waals surface area contributed by atoms with Crippen molar-refractivity contribution in [2.24, 2.45) is 0 Å². The summed E-state index contributed by atoms with van der Waals surface area (Å²) in [7, 11) is 0. The zero-order chi connectivity index (χ0) is 22.1. The van der Waals surface area contributed by atoms with Crippen LogP contribution in [0.3, 0.4) is 0 Å². The molecule has 2 atom stereocenters. The van der Waals surface area contributed by atoms with Crippen LogP contribution in [0.2, 0.25) is 44.0 Å². The fourth-order valence-electron chi connectivity index (χ4n) is 4.74. The van der Waals surface area contributed by atoms with E-state index in [0.29, 0.717) is 11.1 Å². The Morgan fingerprint density at radius 1 is 0.867 bits per heavy atom. The molecule has 1 aromatic rings. The Morgan fingerprint density at radius 2 is 1.40 bits per heavy atom. The Balaban J connectivity index is 0.000000324. The topological polar surface area (TPSA) is 15.3 Å². The van der Waals surface area contributed by atoms with Crippen molar-refractivity contribution in [2.75, 3.05) is 13.1 Å². The van der Waals surface area contributed by atoms with Crippen molar-refractivity contribution in [1.29, 1.82) is 0 Å². The van der Waals surface area contributed by atoms with E-state index < -0.39 is 26.5 Å². The van der Waals surface area contributed by atoms with Crippen LogP contribution >= 0.6 is 12.4 Å². The zero-order valence-corrected chi connectivity index (χ0v) is 26.4. The van der Waals surface area contributed by atoms with E-state index in [0.717, 1.165) is 16.0 Å². The molecule has 2 saturated heterocycles. The van der Waals surface area contributed by atoms with Gasteiger partial charge in [-0.15, -0.1) is 12.4 Å². The van der Waals surface area contributed by atoms with Gasteiger partial charge in [0.1, 0.15) is 0 Å².